The first-order valence-electron chi connectivity index (χ1n) is 12.7. The van der Waals surface area contributed by atoms with E-state index in [1.165, 1.54) is 17.0 Å². The highest BCUT2D eigenvalue weighted by Gasteiger charge is 2.28. The van der Waals surface area contributed by atoms with Crippen LogP contribution in [0, 0.1) is 0 Å². The molecule has 4 aromatic rings. The zero-order valence-corrected chi connectivity index (χ0v) is 22.9. The molecule has 2 N–H and O–H groups in total. The number of carbonyl (C=O) groups excluding carboxylic acids is 2. The van der Waals surface area contributed by atoms with Crippen molar-refractivity contribution < 1.29 is 22.7 Å². The minimum Gasteiger partial charge on any atom is -0.497 e. The molecule has 0 bridgehead atoms. The van der Waals surface area contributed by atoms with Gasteiger partial charge in [-0.3, -0.25) is 4.79 Å². The van der Waals surface area contributed by atoms with Crippen molar-refractivity contribution in [3.63, 3.8) is 0 Å². The number of benzene rings is 3. The zero-order valence-electron chi connectivity index (χ0n) is 22.1. The maximum Gasteiger partial charge on any atom is 0.329 e. The number of rotatable bonds is 10. The lowest BCUT2D eigenvalue weighted by molar-refractivity contribution is -0.120. The van der Waals surface area contributed by atoms with Gasteiger partial charge in [-0.05, 0) is 67.9 Å². The van der Waals surface area contributed by atoms with Crippen LogP contribution in [0.25, 0.3) is 10.9 Å². The molecule has 0 aliphatic rings. The highest BCUT2D eigenvalue weighted by molar-refractivity contribution is 7.90. The highest BCUT2D eigenvalue weighted by atomic mass is 32.2. The maximum absolute atomic E-state index is 13.7. The number of sulfonamides is 1. The number of aryl methyl sites for hydroxylation is 1. The molecular formula is C29H32N4O5S. The van der Waals surface area contributed by atoms with E-state index < -0.39 is 22.1 Å². The predicted molar refractivity (Wildman–Crippen MR) is 151 cm³/mol. The van der Waals surface area contributed by atoms with Crippen LogP contribution in [0.3, 0.4) is 0 Å². The predicted octanol–water partition coefficient (Wildman–Crippen LogP) is 4.32. The third-order valence-corrected chi connectivity index (χ3v) is 7.80. The Bertz CT molecular complexity index is 1550. The Labute approximate surface area is 228 Å². The second-order valence-corrected chi connectivity index (χ2v) is 10.6. The number of carbonyl (C=O) groups is 2. The van der Waals surface area contributed by atoms with Crippen molar-refractivity contribution in [1.29, 1.82) is 0 Å². The standard InChI is InChI=1S/C29H32N4O5S/c1-4-32-18-17-22-20-25(15-16-27(22)32)39(36,37)31-29(35)30-26(19-21-9-7-6-8-10-21)28(34)33(5-2)23-11-13-24(38-3)14-12-23/h6-18,20,26H,4-5,19H2,1-3H3,(H2,30,31,35)/t26-/m0/s1. The normalized spacial score (nSPS) is 12.1. The van der Waals surface area contributed by atoms with E-state index in [0.29, 0.717) is 18.0 Å². The molecule has 9 nitrogen and oxygen atoms in total. The topological polar surface area (TPSA) is 110 Å². The summed E-state index contributed by atoms with van der Waals surface area (Å²) in [7, 11) is -2.63. The molecule has 4 rings (SSSR count). The fraction of sp³-hybridized carbons (Fsp3) is 0.241. The molecule has 0 saturated heterocycles. The summed E-state index contributed by atoms with van der Waals surface area (Å²) < 4.78 is 35.4. The summed E-state index contributed by atoms with van der Waals surface area (Å²) in [6.07, 6.45) is 2.06. The Hall–Kier alpha value is -4.31. The van der Waals surface area contributed by atoms with Gasteiger partial charge >= 0.3 is 6.03 Å². The molecule has 1 heterocycles. The number of hydrogen-bond acceptors (Lipinski definition) is 5. The highest BCUT2D eigenvalue weighted by Crippen LogP contribution is 2.22. The molecule has 39 heavy (non-hydrogen) atoms. The van der Waals surface area contributed by atoms with Crippen LogP contribution in [0.2, 0.25) is 0 Å². The number of ether oxygens (including phenoxy) is 1. The van der Waals surface area contributed by atoms with Crippen molar-refractivity contribution in [2.75, 3.05) is 18.6 Å². The van der Waals surface area contributed by atoms with E-state index >= 15 is 0 Å². The lowest BCUT2D eigenvalue weighted by Crippen LogP contribution is -2.53. The number of nitrogens with one attached hydrogen (secondary N) is 2. The van der Waals surface area contributed by atoms with Gasteiger partial charge in [0.05, 0.1) is 12.0 Å². The van der Waals surface area contributed by atoms with Crippen molar-refractivity contribution in [3.05, 3.63) is 90.6 Å². The second-order valence-electron chi connectivity index (χ2n) is 8.92. The monoisotopic (exact) mass is 548 g/mol. The molecule has 0 saturated carbocycles. The van der Waals surface area contributed by atoms with Crippen LogP contribution in [0.5, 0.6) is 5.75 Å². The summed E-state index contributed by atoms with van der Waals surface area (Å²) in [4.78, 5) is 28.2. The van der Waals surface area contributed by atoms with E-state index in [-0.39, 0.29) is 17.2 Å². The smallest absolute Gasteiger partial charge is 0.329 e. The Kier molecular flexibility index (Phi) is 8.55. The number of likely N-dealkylation sites (N-methyl/N-ethyl adjacent to an activating group) is 1. The molecular weight excluding hydrogens is 516 g/mol. The summed E-state index contributed by atoms with van der Waals surface area (Å²) in [6, 6.07) is 20.7. The number of fused-ring (bicyclic) bond motifs is 1. The third kappa shape index (κ3) is 6.40. The van der Waals surface area contributed by atoms with Crippen LogP contribution in [0.4, 0.5) is 10.5 Å². The van der Waals surface area contributed by atoms with E-state index in [0.717, 1.165) is 23.0 Å². The Morgan fingerprint density at radius 2 is 1.69 bits per heavy atom. The molecule has 0 fully saturated rings. The van der Waals surface area contributed by atoms with E-state index in [9.17, 15) is 18.0 Å². The van der Waals surface area contributed by atoms with Crippen LogP contribution in [0.15, 0.2) is 90.0 Å². The van der Waals surface area contributed by atoms with E-state index in [1.807, 2.05) is 61.0 Å². The quantitative estimate of drug-likeness (QED) is 0.307. The molecule has 204 valence electrons. The summed E-state index contributed by atoms with van der Waals surface area (Å²) in [5.74, 6) is 0.275. The summed E-state index contributed by atoms with van der Waals surface area (Å²) >= 11 is 0. The molecule has 3 aromatic carbocycles. The second kappa shape index (κ2) is 12.0. The van der Waals surface area contributed by atoms with Crippen LogP contribution in [-0.2, 0) is 27.8 Å². The first-order chi connectivity index (χ1) is 18.7. The van der Waals surface area contributed by atoms with Crippen LogP contribution < -0.4 is 19.7 Å². The fourth-order valence-corrected chi connectivity index (χ4v) is 5.41. The minimum atomic E-state index is -4.19. The van der Waals surface area contributed by atoms with Crippen LogP contribution in [0.1, 0.15) is 19.4 Å². The lowest BCUT2D eigenvalue weighted by atomic mass is 10.0. The first kappa shape index (κ1) is 27.7. The molecule has 0 aliphatic carbocycles. The lowest BCUT2D eigenvalue weighted by Gasteiger charge is -2.27. The van der Waals surface area contributed by atoms with E-state index in [4.69, 9.17) is 4.74 Å². The van der Waals surface area contributed by atoms with Gasteiger partial charge in [0.25, 0.3) is 10.0 Å². The van der Waals surface area contributed by atoms with Gasteiger partial charge in [-0.2, -0.15) is 0 Å². The maximum atomic E-state index is 13.7. The molecule has 0 unspecified atom stereocenters. The summed E-state index contributed by atoms with van der Waals surface area (Å²) in [5.41, 5.74) is 2.34. The van der Waals surface area contributed by atoms with Gasteiger partial charge in [0.1, 0.15) is 11.8 Å². The fourth-order valence-electron chi connectivity index (χ4n) is 4.46. The van der Waals surface area contributed by atoms with Crippen molar-refractivity contribution in [1.82, 2.24) is 14.6 Å². The summed E-state index contributed by atoms with van der Waals surface area (Å²) in [6.45, 7) is 4.92. The van der Waals surface area contributed by atoms with Gasteiger partial charge in [-0.15, -0.1) is 0 Å². The van der Waals surface area contributed by atoms with Gasteiger partial charge in [-0.1, -0.05) is 30.3 Å². The number of amides is 3. The SMILES string of the molecule is CCN(C(=O)[C@H](Cc1ccccc1)NC(=O)NS(=O)(=O)c1ccc2c(ccn2CC)c1)c1ccc(OC)cc1. The average Bonchev–Trinajstić information content (AvgIpc) is 3.36. The number of hydrogen-bond donors (Lipinski definition) is 2. The molecule has 0 radical (unpaired) electrons. The largest absolute Gasteiger partial charge is 0.497 e. The van der Waals surface area contributed by atoms with Crippen LogP contribution in [-0.4, -0.2) is 44.6 Å². The van der Waals surface area contributed by atoms with E-state index in [1.54, 1.807) is 37.4 Å². The van der Waals surface area contributed by atoms with Gasteiger partial charge < -0.3 is 19.5 Å². The third-order valence-electron chi connectivity index (χ3n) is 6.47. The molecule has 10 heteroatoms. The van der Waals surface area contributed by atoms with Gasteiger partial charge in [0.2, 0.25) is 5.91 Å². The molecule has 3 amide bonds. The summed E-state index contributed by atoms with van der Waals surface area (Å²) in [5, 5.41) is 3.35. The van der Waals surface area contributed by atoms with E-state index in [2.05, 4.69) is 10.0 Å². The molecule has 1 aromatic heterocycles. The molecule has 0 spiro atoms. The first-order valence-corrected chi connectivity index (χ1v) is 14.2. The van der Waals surface area contributed by atoms with Crippen LogP contribution >= 0.6 is 0 Å². The molecule has 0 aliphatic heterocycles. The van der Waals surface area contributed by atoms with Crippen molar-refractivity contribution in [2.24, 2.45) is 0 Å². The van der Waals surface area contributed by atoms with Gasteiger partial charge in [-0.25, -0.2) is 17.9 Å². The zero-order chi connectivity index (χ0) is 28.0. The number of urea groups is 1. The van der Waals surface area contributed by atoms with Crippen molar-refractivity contribution in [3.8, 4) is 5.75 Å². The number of anilines is 1. The van der Waals surface area contributed by atoms with Crippen molar-refractivity contribution in [2.45, 2.75) is 37.8 Å². The minimum absolute atomic E-state index is 0.0432. The van der Waals surface area contributed by atoms with Gasteiger partial charge in [0, 0.05) is 42.3 Å². The number of aromatic nitrogens is 1. The molecule has 1 atom stereocenters. The van der Waals surface area contributed by atoms with Crippen molar-refractivity contribution >= 4 is 38.6 Å². The Balaban J connectivity index is 1.56. The Morgan fingerprint density at radius 3 is 2.33 bits per heavy atom. The average molecular weight is 549 g/mol. The number of methoxy groups -OCH3 is 1. The Morgan fingerprint density at radius 1 is 0.974 bits per heavy atom. The number of nitrogens with zero attached hydrogens (tertiary/aromatic N) is 2. The van der Waals surface area contributed by atoms with Gasteiger partial charge in [0.15, 0.2) is 0 Å².